The standard InChI is InChI=1S/Co.Fe.Mg.H2O.H/h;;;1H2;/q;;+1;;/p-1. The van der Waals surface area contributed by atoms with Gasteiger partial charge in [-0.2, -0.15) is 0 Å². The number of hydrogen-bond donors (Lipinski definition) is 0. The molecule has 0 aromatic rings. The van der Waals surface area contributed by atoms with Crippen LogP contribution in [0.25, 0.3) is 0 Å². The van der Waals surface area contributed by atoms with Crippen LogP contribution in [-0.4, -0.2) is 28.5 Å². The van der Waals surface area contributed by atoms with Crippen LogP contribution in [0.1, 0.15) is 0 Å². The third kappa shape index (κ3) is 9.26. The Labute approximate surface area is 62.0 Å². The zero-order valence-corrected chi connectivity index (χ0v) is 6.28. The van der Waals surface area contributed by atoms with E-state index in [0.29, 0.717) is 0 Å². The van der Waals surface area contributed by atoms with Crippen LogP contribution in [0.4, 0.5) is 0 Å². The smallest absolute Gasteiger partial charge is 0.870 e. The molecule has 0 rings (SSSR count). The molecule has 0 unspecified atom stereocenters. The Hall–Kier alpha value is 1.75. The van der Waals surface area contributed by atoms with Crippen LogP contribution in [0, 0.1) is 0 Å². The van der Waals surface area contributed by atoms with Gasteiger partial charge in [0.2, 0.25) is 0 Å². The quantitative estimate of drug-likeness (QED) is 0.422. The first kappa shape index (κ1) is 42.3. The fraction of sp³-hybridized carbons (Fsp3) is 0. The van der Waals surface area contributed by atoms with E-state index in [1.165, 1.54) is 0 Å². The normalized spacial score (nSPS) is 0. The van der Waals surface area contributed by atoms with E-state index in [4.69, 9.17) is 0 Å². The summed E-state index contributed by atoms with van der Waals surface area (Å²) >= 11 is 0. The molecule has 27 valence electrons. The topological polar surface area (TPSA) is 30.0 Å². The van der Waals surface area contributed by atoms with Crippen molar-refractivity contribution in [3.63, 3.8) is 0 Å². The summed E-state index contributed by atoms with van der Waals surface area (Å²) in [6.07, 6.45) is 0. The third-order valence-electron chi connectivity index (χ3n) is 0. The van der Waals surface area contributed by atoms with Gasteiger partial charge in [-0.1, -0.05) is 0 Å². The van der Waals surface area contributed by atoms with E-state index in [1.54, 1.807) is 0 Å². The number of rotatable bonds is 0. The van der Waals surface area contributed by atoms with E-state index in [9.17, 15) is 0 Å². The summed E-state index contributed by atoms with van der Waals surface area (Å²) in [5, 5.41) is 0. The van der Waals surface area contributed by atoms with Crippen LogP contribution in [0.15, 0.2) is 0 Å². The van der Waals surface area contributed by atoms with Gasteiger partial charge in [-0.25, -0.2) is 0 Å². The Morgan fingerprint density at radius 3 is 1.00 bits per heavy atom. The van der Waals surface area contributed by atoms with E-state index < -0.39 is 0 Å². The molecule has 0 aromatic carbocycles. The van der Waals surface area contributed by atoms with E-state index in [0.717, 1.165) is 0 Å². The summed E-state index contributed by atoms with van der Waals surface area (Å²) in [4.78, 5) is 0. The maximum atomic E-state index is 0. The monoisotopic (exact) mass is 157 g/mol. The molecule has 1 radical (unpaired) electrons. The summed E-state index contributed by atoms with van der Waals surface area (Å²) < 4.78 is 0. The van der Waals surface area contributed by atoms with E-state index in [1.807, 2.05) is 0 Å². The molecule has 0 fully saturated rings. The molecule has 0 amide bonds. The van der Waals surface area contributed by atoms with E-state index in [-0.39, 0.29) is 62.4 Å². The van der Waals surface area contributed by atoms with Crippen LogP contribution in [0.2, 0.25) is 0 Å². The van der Waals surface area contributed by atoms with Gasteiger partial charge < -0.3 is 5.48 Å². The zero-order valence-electron chi connectivity index (χ0n) is 2.13. The van der Waals surface area contributed by atoms with Gasteiger partial charge in [0.05, 0.1) is 0 Å². The van der Waals surface area contributed by atoms with Crippen molar-refractivity contribution in [1.29, 1.82) is 0 Å². The SMILES string of the molecule is [Co].[Fe].[MgH+].[OH-]. The first-order valence-electron chi connectivity index (χ1n) is 0. The second-order valence-corrected chi connectivity index (χ2v) is 0. The molecular weight excluding hydrogens is 155 g/mol. The summed E-state index contributed by atoms with van der Waals surface area (Å²) in [5.74, 6) is 0. The molecule has 0 heterocycles. The molecule has 0 aliphatic rings. The minimum Gasteiger partial charge on any atom is -0.870 e. The predicted octanol–water partition coefficient (Wildman–Crippen LogP) is -0.830. The Kier molecular flexibility index (Phi) is 231. The molecule has 0 atom stereocenters. The maximum absolute atomic E-state index is 0. The molecular formula is H2CoFeMgO. The average Bonchev–Trinajstić information content (AvgIpc) is 0. The predicted molar refractivity (Wildman–Crippen MR) is 9.08 cm³/mol. The van der Waals surface area contributed by atoms with Gasteiger partial charge in [0.1, 0.15) is 0 Å². The van der Waals surface area contributed by atoms with Crippen LogP contribution >= 0.6 is 0 Å². The minimum atomic E-state index is 0. The van der Waals surface area contributed by atoms with Crippen molar-refractivity contribution in [2.24, 2.45) is 0 Å². The molecule has 0 aromatic heterocycles. The van der Waals surface area contributed by atoms with Crippen molar-refractivity contribution in [2.45, 2.75) is 0 Å². The minimum absolute atomic E-state index is 0. The Balaban J connectivity index is 0. The second-order valence-electron chi connectivity index (χ2n) is 0. The van der Waals surface area contributed by atoms with Crippen molar-refractivity contribution in [3.05, 3.63) is 0 Å². The summed E-state index contributed by atoms with van der Waals surface area (Å²) in [5.41, 5.74) is 0. The van der Waals surface area contributed by atoms with Crippen molar-refractivity contribution in [3.8, 4) is 0 Å². The van der Waals surface area contributed by atoms with Crippen molar-refractivity contribution in [2.75, 3.05) is 0 Å². The Morgan fingerprint density at radius 1 is 1.00 bits per heavy atom. The maximum Gasteiger partial charge on any atom is -0.870 e. The zero-order chi connectivity index (χ0) is 0. The van der Waals surface area contributed by atoms with Crippen molar-refractivity contribution < 1.29 is 39.3 Å². The molecule has 4 heavy (non-hydrogen) atoms. The van der Waals surface area contributed by atoms with Gasteiger partial charge in [-0.3, -0.25) is 0 Å². The van der Waals surface area contributed by atoms with E-state index >= 15 is 0 Å². The molecule has 4 heteroatoms. The van der Waals surface area contributed by atoms with Gasteiger partial charge in [0.25, 0.3) is 0 Å². The number of hydrogen-bond acceptors (Lipinski definition) is 1. The van der Waals surface area contributed by atoms with Crippen LogP contribution in [0.3, 0.4) is 0 Å². The summed E-state index contributed by atoms with van der Waals surface area (Å²) in [7, 11) is 0. The first-order valence-corrected chi connectivity index (χ1v) is 0. The van der Waals surface area contributed by atoms with Gasteiger partial charge in [0, 0.05) is 33.8 Å². The molecule has 0 aliphatic carbocycles. The third-order valence-corrected chi connectivity index (χ3v) is 0. The molecule has 1 N–H and O–H groups in total. The molecule has 1 nitrogen and oxygen atoms in total. The molecule has 0 saturated carbocycles. The summed E-state index contributed by atoms with van der Waals surface area (Å²) in [6.45, 7) is 0. The molecule has 0 spiro atoms. The second kappa shape index (κ2) is 21.8. The van der Waals surface area contributed by atoms with Gasteiger partial charge in [-0.05, 0) is 0 Å². The van der Waals surface area contributed by atoms with Crippen molar-refractivity contribution in [1.82, 2.24) is 0 Å². The molecule has 0 saturated heterocycles. The molecule has 0 bridgehead atoms. The summed E-state index contributed by atoms with van der Waals surface area (Å²) in [6, 6.07) is 0. The fourth-order valence-electron chi connectivity index (χ4n) is 0. The first-order chi connectivity index (χ1) is 0. The largest absolute Gasteiger partial charge is 0.870 e. The van der Waals surface area contributed by atoms with Crippen LogP contribution in [0.5, 0.6) is 0 Å². The van der Waals surface area contributed by atoms with Crippen LogP contribution in [-0.2, 0) is 33.8 Å². The fourth-order valence-corrected chi connectivity index (χ4v) is 0. The van der Waals surface area contributed by atoms with Gasteiger partial charge in [0.15, 0.2) is 0 Å². The Bertz CT molecular complexity index is 8.00. The average molecular weight is 157 g/mol. The van der Waals surface area contributed by atoms with E-state index in [2.05, 4.69) is 0 Å². The van der Waals surface area contributed by atoms with Gasteiger partial charge in [-0.15, -0.1) is 0 Å². The van der Waals surface area contributed by atoms with Gasteiger partial charge >= 0.3 is 23.1 Å². The van der Waals surface area contributed by atoms with Crippen LogP contribution < -0.4 is 0 Å². The Morgan fingerprint density at radius 2 is 1.00 bits per heavy atom. The van der Waals surface area contributed by atoms with Crippen molar-refractivity contribution >= 4 is 23.1 Å². The molecule has 0 aliphatic heterocycles.